The highest BCUT2D eigenvalue weighted by Gasteiger charge is 2.44. The summed E-state index contributed by atoms with van der Waals surface area (Å²) in [5, 5.41) is 9.57. The summed E-state index contributed by atoms with van der Waals surface area (Å²) >= 11 is 0.362. The predicted molar refractivity (Wildman–Crippen MR) is 126 cm³/mol. The van der Waals surface area contributed by atoms with Crippen molar-refractivity contribution in [3.63, 3.8) is 0 Å². The molecule has 6 nitrogen and oxygen atoms in total. The average Bonchev–Trinajstić information content (AvgIpc) is 3.38. The zero-order valence-corrected chi connectivity index (χ0v) is 21.7. The molecule has 1 aromatic carbocycles. The van der Waals surface area contributed by atoms with Crippen molar-refractivity contribution in [1.29, 1.82) is 5.26 Å². The van der Waals surface area contributed by atoms with Crippen LogP contribution in [0.2, 0.25) is 0 Å². The molecule has 0 spiro atoms. The van der Waals surface area contributed by atoms with Crippen molar-refractivity contribution in [1.82, 2.24) is 9.44 Å². The lowest BCUT2D eigenvalue weighted by molar-refractivity contribution is 0.419. The molecule has 2 N–H and O–H groups in total. The molecule has 2 rings (SSSR count). The van der Waals surface area contributed by atoms with Gasteiger partial charge in [-0.05, 0) is 87.7 Å². The molecule has 0 amide bonds. The molecule has 1 aromatic rings. The Morgan fingerprint density at radius 2 is 1.90 bits per heavy atom. The summed E-state index contributed by atoms with van der Waals surface area (Å²) in [6, 6.07) is 6.47. The van der Waals surface area contributed by atoms with E-state index in [0.29, 0.717) is 12.3 Å². The van der Waals surface area contributed by atoms with Gasteiger partial charge in [-0.25, -0.2) is 12.8 Å². The molecule has 0 aliphatic heterocycles. The van der Waals surface area contributed by atoms with Gasteiger partial charge in [0, 0.05) is 20.5 Å². The van der Waals surface area contributed by atoms with Crippen LogP contribution in [0.25, 0.3) is 0 Å². The molecule has 1 aliphatic carbocycles. The van der Waals surface area contributed by atoms with Crippen LogP contribution in [0.1, 0.15) is 59.4 Å². The highest BCUT2D eigenvalue weighted by Crippen LogP contribution is 2.37. The van der Waals surface area contributed by atoms with E-state index in [4.69, 9.17) is 0 Å². The monoisotopic (exact) mass is 569 g/mol. The summed E-state index contributed by atoms with van der Waals surface area (Å²) < 4.78 is 59.2. The van der Waals surface area contributed by atoms with Gasteiger partial charge in [0.1, 0.15) is 21.6 Å². The molecule has 168 valence electrons. The molecule has 0 radical (unpaired) electrons. The standard InChI is InChI=1S/C20H29FIN3O3S2/c1-18(2,3)29(26)24-20(5,16-10-15(22)8-9-17(16)21)13-30(27,28)25-19(4,12-23)11-14-6-7-14/h8-10,14,24-25H,6-7,11,13H2,1-5H3/t19?,20?,29-/m1/s1. The summed E-state index contributed by atoms with van der Waals surface area (Å²) in [5.74, 6) is -0.822. The minimum atomic E-state index is -4.03. The van der Waals surface area contributed by atoms with E-state index in [2.05, 4.69) is 15.5 Å². The Morgan fingerprint density at radius 3 is 2.40 bits per heavy atom. The summed E-state index contributed by atoms with van der Waals surface area (Å²) in [6.45, 7) is 8.33. The normalized spacial score (nSPS) is 20.1. The second kappa shape index (κ2) is 9.19. The van der Waals surface area contributed by atoms with Crippen molar-refractivity contribution in [2.75, 3.05) is 5.75 Å². The van der Waals surface area contributed by atoms with Crippen LogP contribution in [0, 0.1) is 26.6 Å². The van der Waals surface area contributed by atoms with Gasteiger partial charge >= 0.3 is 0 Å². The molecular weight excluding hydrogens is 540 g/mol. The van der Waals surface area contributed by atoms with Crippen LogP contribution in [-0.2, 0) is 26.9 Å². The summed E-state index contributed by atoms with van der Waals surface area (Å²) in [4.78, 5) is 0. The Morgan fingerprint density at radius 1 is 1.30 bits per heavy atom. The maximum Gasteiger partial charge on any atom is 0.215 e. The van der Waals surface area contributed by atoms with Gasteiger partial charge in [-0.15, -0.1) is 4.72 Å². The first-order valence-electron chi connectivity index (χ1n) is 9.67. The SMILES string of the molecule is CC(C#N)(CC1CC1)NS(=O)(=O)CC(C)(N[S@+]([O-])C(C)(C)C)c1cc(I)ccc1F. The van der Waals surface area contributed by atoms with Gasteiger partial charge in [0.05, 0.1) is 11.8 Å². The molecule has 10 heteroatoms. The van der Waals surface area contributed by atoms with Gasteiger partial charge in [0.25, 0.3) is 0 Å². The van der Waals surface area contributed by atoms with Crippen LogP contribution < -0.4 is 9.44 Å². The van der Waals surface area contributed by atoms with E-state index in [1.165, 1.54) is 13.0 Å². The van der Waals surface area contributed by atoms with E-state index >= 15 is 0 Å². The lowest BCUT2D eigenvalue weighted by atomic mass is 9.95. The molecule has 0 heterocycles. The Labute approximate surface area is 195 Å². The van der Waals surface area contributed by atoms with E-state index < -0.39 is 48.8 Å². The maximum atomic E-state index is 14.8. The van der Waals surface area contributed by atoms with Gasteiger partial charge in [-0.2, -0.15) is 9.98 Å². The Kier molecular flexibility index (Phi) is 7.91. The molecule has 0 bridgehead atoms. The molecular formula is C20H29FIN3O3S2. The van der Waals surface area contributed by atoms with Gasteiger partial charge in [0.2, 0.25) is 10.0 Å². The number of sulfonamides is 1. The van der Waals surface area contributed by atoms with E-state index in [0.717, 1.165) is 16.4 Å². The third kappa shape index (κ3) is 7.03. The molecule has 30 heavy (non-hydrogen) atoms. The molecule has 1 aliphatic rings. The number of halogens is 2. The van der Waals surface area contributed by atoms with Crippen LogP contribution in [0.15, 0.2) is 18.2 Å². The number of nitrogens with zero attached hydrogens (tertiary/aromatic N) is 1. The smallest absolute Gasteiger partial charge is 0.215 e. The summed E-state index contributed by atoms with van der Waals surface area (Å²) in [5.41, 5.74) is -2.61. The number of benzene rings is 1. The van der Waals surface area contributed by atoms with Crippen LogP contribution in [0.3, 0.4) is 0 Å². The van der Waals surface area contributed by atoms with Crippen molar-refractivity contribution < 1.29 is 17.4 Å². The molecule has 0 saturated heterocycles. The molecule has 3 atom stereocenters. The summed E-state index contributed by atoms with van der Waals surface area (Å²) in [7, 11) is -4.03. The fraction of sp³-hybridized carbons (Fsp3) is 0.650. The quantitative estimate of drug-likeness (QED) is 0.349. The van der Waals surface area contributed by atoms with Crippen molar-refractivity contribution >= 4 is 44.0 Å². The minimum Gasteiger partial charge on any atom is -0.598 e. The van der Waals surface area contributed by atoms with Crippen molar-refractivity contribution in [2.45, 2.75) is 69.7 Å². The highest BCUT2D eigenvalue weighted by atomic mass is 127. The first-order valence-corrected chi connectivity index (χ1v) is 13.6. The third-order valence-electron chi connectivity index (χ3n) is 4.90. The Balaban J connectivity index is 2.41. The topological polar surface area (TPSA) is 105 Å². The lowest BCUT2D eigenvalue weighted by Gasteiger charge is -2.36. The largest absolute Gasteiger partial charge is 0.598 e. The Hall–Kier alpha value is -0.450. The first kappa shape index (κ1) is 25.8. The number of nitrogens with one attached hydrogen (secondary N) is 2. The van der Waals surface area contributed by atoms with E-state index in [1.807, 2.05) is 22.6 Å². The predicted octanol–water partition coefficient (Wildman–Crippen LogP) is 3.70. The van der Waals surface area contributed by atoms with Gasteiger partial charge < -0.3 is 4.55 Å². The number of hydrogen-bond acceptors (Lipinski definition) is 5. The maximum absolute atomic E-state index is 14.8. The minimum absolute atomic E-state index is 0.109. The fourth-order valence-corrected chi connectivity index (χ4v) is 6.56. The summed E-state index contributed by atoms with van der Waals surface area (Å²) in [6.07, 6.45) is 2.39. The zero-order chi connectivity index (χ0) is 23.0. The van der Waals surface area contributed by atoms with Crippen LogP contribution in [0.5, 0.6) is 0 Å². The third-order valence-corrected chi connectivity index (χ3v) is 9.04. The van der Waals surface area contributed by atoms with Crippen LogP contribution in [0.4, 0.5) is 4.39 Å². The van der Waals surface area contributed by atoms with Crippen LogP contribution >= 0.6 is 22.6 Å². The molecule has 2 unspecified atom stereocenters. The van der Waals surface area contributed by atoms with Crippen molar-refractivity contribution in [2.24, 2.45) is 5.92 Å². The Bertz CT molecular complexity index is 928. The number of hydrogen-bond donors (Lipinski definition) is 2. The van der Waals surface area contributed by atoms with Crippen LogP contribution in [-0.4, -0.2) is 29.0 Å². The van der Waals surface area contributed by atoms with Crippen molar-refractivity contribution in [3.8, 4) is 6.07 Å². The second-order valence-corrected chi connectivity index (χ2v) is 14.3. The fourth-order valence-electron chi connectivity index (χ4n) is 3.21. The van der Waals surface area contributed by atoms with E-state index in [1.54, 1.807) is 39.8 Å². The average molecular weight is 570 g/mol. The van der Waals surface area contributed by atoms with Gasteiger partial charge in [-0.3, -0.25) is 0 Å². The molecule has 1 fully saturated rings. The van der Waals surface area contributed by atoms with E-state index in [-0.39, 0.29) is 5.56 Å². The zero-order valence-electron chi connectivity index (χ0n) is 17.9. The molecule has 0 aromatic heterocycles. The second-order valence-electron chi connectivity index (χ2n) is 9.39. The van der Waals surface area contributed by atoms with Gasteiger partial charge in [0.15, 0.2) is 0 Å². The number of rotatable bonds is 9. The lowest BCUT2D eigenvalue weighted by Crippen LogP contribution is -2.56. The molecule has 1 saturated carbocycles. The van der Waals surface area contributed by atoms with Crippen molar-refractivity contribution in [3.05, 3.63) is 33.1 Å². The van der Waals surface area contributed by atoms with Gasteiger partial charge in [-0.1, -0.05) is 12.8 Å². The van der Waals surface area contributed by atoms with E-state index in [9.17, 15) is 22.6 Å². The number of nitriles is 1. The highest BCUT2D eigenvalue weighted by molar-refractivity contribution is 14.1. The first-order chi connectivity index (χ1) is 13.6.